The Morgan fingerprint density at radius 1 is 1.31 bits per heavy atom. The number of ether oxygens (including phenoxy) is 1. The topological polar surface area (TPSA) is 29.5 Å². The van der Waals surface area contributed by atoms with Crippen LogP contribution in [0.15, 0.2) is 12.1 Å². The predicted molar refractivity (Wildman–Crippen MR) is 65.1 cm³/mol. The van der Waals surface area contributed by atoms with Crippen molar-refractivity contribution in [1.82, 2.24) is 0 Å². The van der Waals surface area contributed by atoms with Gasteiger partial charge >= 0.3 is 0 Å². The molecule has 88 valence electrons. The summed E-state index contributed by atoms with van der Waals surface area (Å²) in [7, 11) is 1.71. The quantitative estimate of drug-likeness (QED) is 0.848. The fourth-order valence-corrected chi connectivity index (χ4v) is 2.86. The number of aryl methyl sites for hydroxylation is 2. The molecule has 0 heterocycles. The van der Waals surface area contributed by atoms with E-state index in [0.29, 0.717) is 0 Å². The summed E-state index contributed by atoms with van der Waals surface area (Å²) in [4.78, 5) is 0. The summed E-state index contributed by atoms with van der Waals surface area (Å²) >= 11 is 0. The standard InChI is InChI=1S/C14H20O2/c1-10-7-11(2)13(12(8-10)16-3)14(9-15)5-4-6-14/h7-8,15H,4-6,9H2,1-3H3. The Kier molecular flexibility index (Phi) is 2.94. The van der Waals surface area contributed by atoms with E-state index in [2.05, 4.69) is 26.0 Å². The maximum atomic E-state index is 9.65. The molecule has 1 aromatic carbocycles. The van der Waals surface area contributed by atoms with E-state index in [1.165, 1.54) is 23.1 Å². The molecule has 1 aliphatic rings. The van der Waals surface area contributed by atoms with Gasteiger partial charge in [-0.25, -0.2) is 0 Å². The van der Waals surface area contributed by atoms with Gasteiger partial charge in [0.25, 0.3) is 0 Å². The third kappa shape index (κ3) is 1.61. The normalized spacial score (nSPS) is 18.0. The summed E-state index contributed by atoms with van der Waals surface area (Å²) in [5.41, 5.74) is 3.63. The molecule has 16 heavy (non-hydrogen) atoms. The van der Waals surface area contributed by atoms with Crippen molar-refractivity contribution in [3.63, 3.8) is 0 Å². The summed E-state index contributed by atoms with van der Waals surface area (Å²) in [6.45, 7) is 4.42. The highest BCUT2D eigenvalue weighted by atomic mass is 16.5. The summed E-state index contributed by atoms with van der Waals surface area (Å²) in [5.74, 6) is 0.936. The lowest BCUT2D eigenvalue weighted by Crippen LogP contribution is -2.39. The molecule has 0 radical (unpaired) electrons. The number of aliphatic hydroxyl groups is 1. The Hall–Kier alpha value is -1.02. The second kappa shape index (κ2) is 4.10. The SMILES string of the molecule is COc1cc(C)cc(C)c1C1(CO)CCC1. The first-order valence-electron chi connectivity index (χ1n) is 5.89. The van der Waals surface area contributed by atoms with Crippen LogP contribution in [0.1, 0.15) is 36.0 Å². The lowest BCUT2D eigenvalue weighted by atomic mass is 9.63. The molecule has 1 fully saturated rings. The minimum absolute atomic E-state index is 0.0386. The van der Waals surface area contributed by atoms with Gasteiger partial charge in [-0.2, -0.15) is 0 Å². The zero-order valence-electron chi connectivity index (χ0n) is 10.3. The molecule has 2 rings (SSSR count). The minimum Gasteiger partial charge on any atom is -0.496 e. The molecule has 0 aromatic heterocycles. The maximum Gasteiger partial charge on any atom is 0.123 e. The minimum atomic E-state index is -0.0386. The van der Waals surface area contributed by atoms with Gasteiger partial charge in [0.1, 0.15) is 5.75 Å². The Balaban J connectivity index is 2.54. The monoisotopic (exact) mass is 220 g/mol. The van der Waals surface area contributed by atoms with Gasteiger partial charge in [0.2, 0.25) is 0 Å². The van der Waals surface area contributed by atoms with E-state index in [1.807, 2.05) is 0 Å². The van der Waals surface area contributed by atoms with Crippen molar-refractivity contribution >= 4 is 0 Å². The molecule has 1 aliphatic carbocycles. The van der Waals surface area contributed by atoms with Crippen LogP contribution in [0.25, 0.3) is 0 Å². The van der Waals surface area contributed by atoms with E-state index in [9.17, 15) is 5.11 Å². The van der Waals surface area contributed by atoms with Gasteiger partial charge in [-0.3, -0.25) is 0 Å². The number of rotatable bonds is 3. The fraction of sp³-hybridized carbons (Fsp3) is 0.571. The molecule has 0 bridgehead atoms. The van der Waals surface area contributed by atoms with E-state index < -0.39 is 0 Å². The molecular weight excluding hydrogens is 200 g/mol. The molecule has 0 saturated heterocycles. The first kappa shape index (κ1) is 11.5. The molecule has 2 heteroatoms. The van der Waals surface area contributed by atoms with Crippen LogP contribution in [0.3, 0.4) is 0 Å². The van der Waals surface area contributed by atoms with Gasteiger partial charge < -0.3 is 9.84 Å². The smallest absolute Gasteiger partial charge is 0.123 e. The average molecular weight is 220 g/mol. The van der Waals surface area contributed by atoms with Crippen LogP contribution >= 0.6 is 0 Å². The van der Waals surface area contributed by atoms with Crippen LogP contribution in [-0.4, -0.2) is 18.8 Å². The lowest BCUT2D eigenvalue weighted by Gasteiger charge is -2.42. The van der Waals surface area contributed by atoms with Crippen molar-refractivity contribution in [1.29, 1.82) is 0 Å². The Bertz CT molecular complexity index is 386. The van der Waals surface area contributed by atoms with E-state index in [4.69, 9.17) is 4.74 Å². The zero-order valence-corrected chi connectivity index (χ0v) is 10.3. The maximum absolute atomic E-state index is 9.65. The molecule has 1 aromatic rings. The molecular formula is C14H20O2. The third-order valence-electron chi connectivity index (χ3n) is 3.81. The van der Waals surface area contributed by atoms with Crippen LogP contribution in [0.4, 0.5) is 0 Å². The van der Waals surface area contributed by atoms with Gasteiger partial charge in [0.15, 0.2) is 0 Å². The van der Waals surface area contributed by atoms with E-state index in [0.717, 1.165) is 18.6 Å². The highest BCUT2D eigenvalue weighted by molar-refractivity contribution is 5.49. The average Bonchev–Trinajstić information content (AvgIpc) is 2.19. The van der Waals surface area contributed by atoms with Crippen LogP contribution in [0, 0.1) is 13.8 Å². The van der Waals surface area contributed by atoms with Crippen LogP contribution < -0.4 is 4.74 Å². The van der Waals surface area contributed by atoms with Crippen molar-refractivity contribution < 1.29 is 9.84 Å². The van der Waals surface area contributed by atoms with Crippen LogP contribution in [0.5, 0.6) is 5.75 Å². The van der Waals surface area contributed by atoms with Crippen molar-refractivity contribution in [2.24, 2.45) is 0 Å². The summed E-state index contributed by atoms with van der Waals surface area (Å²) < 4.78 is 5.48. The Morgan fingerprint density at radius 3 is 2.44 bits per heavy atom. The van der Waals surface area contributed by atoms with Crippen molar-refractivity contribution in [2.75, 3.05) is 13.7 Å². The first-order chi connectivity index (χ1) is 7.63. The number of methoxy groups -OCH3 is 1. The van der Waals surface area contributed by atoms with Gasteiger partial charge in [0, 0.05) is 11.0 Å². The van der Waals surface area contributed by atoms with E-state index in [1.54, 1.807) is 7.11 Å². The second-order valence-electron chi connectivity index (χ2n) is 4.95. The Morgan fingerprint density at radius 2 is 2.00 bits per heavy atom. The zero-order chi connectivity index (χ0) is 11.8. The van der Waals surface area contributed by atoms with Crippen molar-refractivity contribution in [3.05, 3.63) is 28.8 Å². The van der Waals surface area contributed by atoms with E-state index >= 15 is 0 Å². The predicted octanol–water partition coefficient (Wildman–Crippen LogP) is 2.73. The molecule has 0 amide bonds. The van der Waals surface area contributed by atoms with Gasteiger partial charge in [0.05, 0.1) is 13.7 Å². The largest absolute Gasteiger partial charge is 0.496 e. The van der Waals surface area contributed by atoms with Gasteiger partial charge in [-0.05, 0) is 43.9 Å². The van der Waals surface area contributed by atoms with Crippen molar-refractivity contribution in [3.8, 4) is 5.75 Å². The van der Waals surface area contributed by atoms with Crippen LogP contribution in [-0.2, 0) is 5.41 Å². The summed E-state index contributed by atoms with van der Waals surface area (Å²) in [6, 6.07) is 4.24. The Labute approximate surface area is 97.3 Å². The molecule has 0 aliphatic heterocycles. The molecule has 0 spiro atoms. The number of benzene rings is 1. The van der Waals surface area contributed by atoms with Crippen molar-refractivity contribution in [2.45, 2.75) is 38.5 Å². The van der Waals surface area contributed by atoms with Gasteiger partial charge in [-0.1, -0.05) is 12.5 Å². The summed E-state index contributed by atoms with van der Waals surface area (Å²) in [5, 5.41) is 9.65. The molecule has 0 atom stereocenters. The third-order valence-corrected chi connectivity index (χ3v) is 3.81. The second-order valence-corrected chi connectivity index (χ2v) is 4.95. The molecule has 1 N–H and O–H groups in total. The molecule has 0 unspecified atom stereocenters. The number of aliphatic hydroxyl groups excluding tert-OH is 1. The molecule has 1 saturated carbocycles. The lowest BCUT2D eigenvalue weighted by molar-refractivity contribution is 0.116. The molecule has 2 nitrogen and oxygen atoms in total. The first-order valence-corrected chi connectivity index (χ1v) is 5.89. The highest BCUT2D eigenvalue weighted by Gasteiger charge is 2.41. The van der Waals surface area contributed by atoms with E-state index in [-0.39, 0.29) is 12.0 Å². The van der Waals surface area contributed by atoms with Crippen LogP contribution in [0.2, 0.25) is 0 Å². The highest BCUT2D eigenvalue weighted by Crippen LogP contribution is 2.48. The summed E-state index contributed by atoms with van der Waals surface area (Å²) in [6.07, 6.45) is 3.35. The fourth-order valence-electron chi connectivity index (χ4n) is 2.86. The number of hydrogen-bond acceptors (Lipinski definition) is 2. The number of hydrogen-bond donors (Lipinski definition) is 1. The van der Waals surface area contributed by atoms with Gasteiger partial charge in [-0.15, -0.1) is 0 Å².